The van der Waals surface area contributed by atoms with E-state index in [1.807, 2.05) is 24.3 Å². The van der Waals surface area contributed by atoms with Crippen molar-refractivity contribution >= 4 is 11.6 Å². The van der Waals surface area contributed by atoms with E-state index in [9.17, 15) is 0 Å². The maximum Gasteiger partial charge on any atom is 0.248 e. The number of hydrogen-bond donors (Lipinski definition) is 0. The van der Waals surface area contributed by atoms with Gasteiger partial charge in [-0.2, -0.15) is 0 Å². The van der Waals surface area contributed by atoms with E-state index in [0.717, 1.165) is 22.3 Å². The number of aromatic nitrogens is 2. The molecule has 0 saturated heterocycles. The van der Waals surface area contributed by atoms with Gasteiger partial charge in [0.05, 0.1) is 0 Å². The monoisotopic (exact) mass is 366 g/mol. The smallest absolute Gasteiger partial charge is 0.248 e. The molecule has 0 aliphatic rings. The average Bonchev–Trinajstić information content (AvgIpc) is 3.19. The van der Waals surface area contributed by atoms with Gasteiger partial charge < -0.3 is 4.42 Å². The third-order valence-corrected chi connectivity index (χ3v) is 4.70. The molecule has 0 bridgehead atoms. The van der Waals surface area contributed by atoms with Gasteiger partial charge in [0.25, 0.3) is 0 Å². The highest BCUT2D eigenvalue weighted by atomic mass is 16.4. The van der Waals surface area contributed by atoms with E-state index in [2.05, 4.69) is 85.6 Å². The molecule has 0 saturated carbocycles. The first-order valence-corrected chi connectivity index (χ1v) is 9.35. The molecule has 3 aromatic carbocycles. The van der Waals surface area contributed by atoms with Crippen molar-refractivity contribution in [2.45, 2.75) is 20.8 Å². The Morgan fingerprint density at radius 1 is 0.679 bits per heavy atom. The second-order valence-electron chi connectivity index (χ2n) is 7.11. The molecule has 3 heteroatoms. The van der Waals surface area contributed by atoms with Crippen LogP contribution in [-0.2, 0) is 0 Å². The fourth-order valence-corrected chi connectivity index (χ4v) is 2.98. The fraction of sp³-hybridized carbons (Fsp3) is 0.120. The maximum absolute atomic E-state index is 6.06. The molecule has 0 spiro atoms. The zero-order valence-corrected chi connectivity index (χ0v) is 16.3. The Labute approximate surface area is 165 Å². The molecule has 4 aromatic rings. The van der Waals surface area contributed by atoms with E-state index in [-0.39, 0.29) is 0 Å². The van der Waals surface area contributed by atoms with Crippen LogP contribution in [0.4, 0.5) is 0 Å². The van der Waals surface area contributed by atoms with Gasteiger partial charge >= 0.3 is 0 Å². The SMILES string of the molecule is Cc1ccc(/C=C(\c2ccc(C)cc2)c2nnc(-c3ccc(C)cc3)o2)cc1. The predicted molar refractivity (Wildman–Crippen MR) is 114 cm³/mol. The minimum Gasteiger partial charge on any atom is -0.416 e. The van der Waals surface area contributed by atoms with Gasteiger partial charge in [0.2, 0.25) is 11.8 Å². The lowest BCUT2D eigenvalue weighted by Crippen LogP contribution is -1.89. The molecule has 0 N–H and O–H groups in total. The first-order chi connectivity index (χ1) is 13.6. The van der Waals surface area contributed by atoms with Crippen LogP contribution in [0.3, 0.4) is 0 Å². The normalized spacial score (nSPS) is 11.6. The summed E-state index contributed by atoms with van der Waals surface area (Å²) >= 11 is 0. The number of benzene rings is 3. The second-order valence-corrected chi connectivity index (χ2v) is 7.11. The van der Waals surface area contributed by atoms with Crippen LogP contribution < -0.4 is 0 Å². The van der Waals surface area contributed by atoms with Crippen LogP contribution in [0.1, 0.15) is 33.7 Å². The first-order valence-electron chi connectivity index (χ1n) is 9.35. The standard InChI is InChI=1S/C25H22N2O/c1-17-4-10-20(11-5-17)16-23(21-12-6-18(2)7-13-21)25-27-26-24(28-25)22-14-8-19(3)9-15-22/h4-16H,1-3H3/b23-16+. The molecular formula is C25H22N2O. The van der Waals surface area contributed by atoms with Crippen LogP contribution >= 0.6 is 0 Å². The van der Waals surface area contributed by atoms with E-state index in [4.69, 9.17) is 4.42 Å². The third kappa shape index (κ3) is 3.94. The Hall–Kier alpha value is -3.46. The summed E-state index contributed by atoms with van der Waals surface area (Å²) in [4.78, 5) is 0. The molecule has 1 aromatic heterocycles. The Morgan fingerprint density at radius 2 is 1.21 bits per heavy atom. The highest BCUT2D eigenvalue weighted by Gasteiger charge is 2.15. The summed E-state index contributed by atoms with van der Waals surface area (Å²) in [6.07, 6.45) is 2.09. The van der Waals surface area contributed by atoms with Gasteiger partial charge in [-0.25, -0.2) is 0 Å². The molecule has 4 rings (SSSR count). The van der Waals surface area contributed by atoms with Crippen molar-refractivity contribution in [1.29, 1.82) is 0 Å². The lowest BCUT2D eigenvalue weighted by atomic mass is 10.0. The Kier molecular flexibility index (Phi) is 4.90. The molecule has 0 aliphatic carbocycles. The lowest BCUT2D eigenvalue weighted by molar-refractivity contribution is 0.554. The minimum atomic E-state index is 0.514. The predicted octanol–water partition coefficient (Wildman–Crippen LogP) is 6.25. The van der Waals surface area contributed by atoms with E-state index in [0.29, 0.717) is 11.8 Å². The lowest BCUT2D eigenvalue weighted by Gasteiger charge is -2.05. The molecule has 3 nitrogen and oxygen atoms in total. The fourth-order valence-electron chi connectivity index (χ4n) is 2.98. The van der Waals surface area contributed by atoms with Gasteiger partial charge in [-0.3, -0.25) is 0 Å². The van der Waals surface area contributed by atoms with Crippen molar-refractivity contribution in [2.24, 2.45) is 0 Å². The molecule has 0 amide bonds. The second kappa shape index (κ2) is 7.65. The summed E-state index contributed by atoms with van der Waals surface area (Å²) in [5, 5.41) is 8.62. The van der Waals surface area contributed by atoms with Crippen LogP contribution in [-0.4, -0.2) is 10.2 Å². The molecule has 0 unspecified atom stereocenters. The molecule has 0 aliphatic heterocycles. The molecule has 0 atom stereocenters. The number of aryl methyl sites for hydroxylation is 3. The summed E-state index contributed by atoms with van der Waals surface area (Å²) in [6.45, 7) is 6.22. The van der Waals surface area contributed by atoms with Gasteiger partial charge in [0, 0.05) is 11.1 Å². The van der Waals surface area contributed by atoms with Crippen LogP contribution in [0.25, 0.3) is 23.1 Å². The Morgan fingerprint density at radius 3 is 1.82 bits per heavy atom. The highest BCUT2D eigenvalue weighted by molar-refractivity contribution is 5.88. The largest absolute Gasteiger partial charge is 0.416 e. The number of rotatable bonds is 4. The van der Waals surface area contributed by atoms with Gasteiger partial charge in [-0.1, -0.05) is 77.4 Å². The van der Waals surface area contributed by atoms with Crippen molar-refractivity contribution in [3.63, 3.8) is 0 Å². The zero-order chi connectivity index (χ0) is 19.5. The summed E-state index contributed by atoms with van der Waals surface area (Å²) in [7, 11) is 0. The summed E-state index contributed by atoms with van der Waals surface area (Å²) < 4.78 is 6.06. The number of hydrogen-bond acceptors (Lipinski definition) is 3. The van der Waals surface area contributed by atoms with Gasteiger partial charge in [0.1, 0.15) is 0 Å². The molecule has 0 fully saturated rings. The van der Waals surface area contributed by atoms with Crippen LogP contribution in [0.15, 0.2) is 77.2 Å². The van der Waals surface area contributed by atoms with Crippen LogP contribution in [0, 0.1) is 20.8 Å². The highest BCUT2D eigenvalue weighted by Crippen LogP contribution is 2.28. The molecule has 0 radical (unpaired) electrons. The molecule has 1 heterocycles. The van der Waals surface area contributed by atoms with E-state index in [1.54, 1.807) is 0 Å². The van der Waals surface area contributed by atoms with Gasteiger partial charge in [-0.05, 0) is 50.1 Å². The van der Waals surface area contributed by atoms with Crippen molar-refractivity contribution in [3.8, 4) is 11.5 Å². The topological polar surface area (TPSA) is 38.9 Å². The Bertz CT molecular complexity index is 1100. The van der Waals surface area contributed by atoms with E-state index < -0.39 is 0 Å². The molecular weight excluding hydrogens is 344 g/mol. The van der Waals surface area contributed by atoms with Gasteiger partial charge in [0.15, 0.2) is 0 Å². The van der Waals surface area contributed by atoms with E-state index in [1.165, 1.54) is 16.7 Å². The molecule has 138 valence electrons. The maximum atomic E-state index is 6.06. The Balaban J connectivity index is 1.78. The third-order valence-electron chi connectivity index (χ3n) is 4.70. The van der Waals surface area contributed by atoms with Crippen molar-refractivity contribution in [2.75, 3.05) is 0 Å². The zero-order valence-electron chi connectivity index (χ0n) is 16.3. The van der Waals surface area contributed by atoms with Crippen molar-refractivity contribution < 1.29 is 4.42 Å². The summed E-state index contributed by atoms with van der Waals surface area (Å²) in [5.41, 5.74) is 7.61. The quantitative estimate of drug-likeness (QED) is 0.401. The summed E-state index contributed by atoms with van der Waals surface area (Å²) in [5.74, 6) is 1.04. The minimum absolute atomic E-state index is 0.514. The van der Waals surface area contributed by atoms with Crippen LogP contribution in [0.2, 0.25) is 0 Å². The van der Waals surface area contributed by atoms with Crippen molar-refractivity contribution in [3.05, 3.63) is 107 Å². The van der Waals surface area contributed by atoms with E-state index >= 15 is 0 Å². The number of nitrogens with zero attached hydrogens (tertiary/aromatic N) is 2. The average molecular weight is 366 g/mol. The van der Waals surface area contributed by atoms with Crippen LogP contribution in [0.5, 0.6) is 0 Å². The first kappa shape index (κ1) is 17.9. The summed E-state index contributed by atoms with van der Waals surface area (Å²) in [6, 6.07) is 24.9. The molecule has 28 heavy (non-hydrogen) atoms. The van der Waals surface area contributed by atoms with Crippen molar-refractivity contribution in [1.82, 2.24) is 10.2 Å². The van der Waals surface area contributed by atoms with Gasteiger partial charge in [-0.15, -0.1) is 10.2 Å².